The third-order valence-corrected chi connectivity index (χ3v) is 2.82. The standard InChI is InChI=1S/C12H14ClFO/c1-3-12(2,8-15)7-9-6-10(14)4-5-11(9)13/h3-6,15H,1,7-8H2,2H3. The van der Waals surface area contributed by atoms with Gasteiger partial charge in [0.1, 0.15) is 5.82 Å². The van der Waals surface area contributed by atoms with Crippen LogP contribution in [0.5, 0.6) is 0 Å². The molecule has 0 fully saturated rings. The Morgan fingerprint density at radius 2 is 2.27 bits per heavy atom. The van der Waals surface area contributed by atoms with Gasteiger partial charge in [-0.1, -0.05) is 24.6 Å². The summed E-state index contributed by atoms with van der Waals surface area (Å²) in [5.41, 5.74) is 0.227. The summed E-state index contributed by atoms with van der Waals surface area (Å²) in [5, 5.41) is 9.71. The molecule has 0 bridgehead atoms. The van der Waals surface area contributed by atoms with E-state index in [9.17, 15) is 9.50 Å². The van der Waals surface area contributed by atoms with Gasteiger partial charge in [-0.2, -0.15) is 0 Å². The molecule has 0 spiro atoms. The predicted octanol–water partition coefficient (Wildman–Crippen LogP) is 3.21. The van der Waals surface area contributed by atoms with Gasteiger partial charge >= 0.3 is 0 Å². The minimum atomic E-state index is -0.461. The summed E-state index contributed by atoms with van der Waals surface area (Å²) in [6.45, 7) is 5.47. The lowest BCUT2D eigenvalue weighted by atomic mass is 9.84. The summed E-state index contributed by atoms with van der Waals surface area (Å²) < 4.78 is 13.0. The van der Waals surface area contributed by atoms with Crippen LogP contribution < -0.4 is 0 Å². The second-order valence-corrected chi connectivity index (χ2v) is 4.34. The molecule has 0 radical (unpaired) electrons. The SMILES string of the molecule is C=CC(C)(CO)Cc1cc(F)ccc1Cl. The van der Waals surface area contributed by atoms with Crippen LogP contribution in [0.4, 0.5) is 4.39 Å². The van der Waals surface area contributed by atoms with Crippen LogP contribution in [0.1, 0.15) is 12.5 Å². The van der Waals surface area contributed by atoms with Gasteiger partial charge in [-0.25, -0.2) is 4.39 Å². The molecule has 0 aromatic heterocycles. The molecular weight excluding hydrogens is 215 g/mol. The van der Waals surface area contributed by atoms with Crippen LogP contribution in [-0.2, 0) is 6.42 Å². The van der Waals surface area contributed by atoms with Crippen molar-refractivity contribution in [1.29, 1.82) is 0 Å². The summed E-state index contributed by atoms with van der Waals surface area (Å²) in [6.07, 6.45) is 2.14. The zero-order valence-electron chi connectivity index (χ0n) is 8.63. The third kappa shape index (κ3) is 3.05. The Labute approximate surface area is 94.2 Å². The number of rotatable bonds is 4. The van der Waals surface area contributed by atoms with Crippen LogP contribution in [0.2, 0.25) is 5.02 Å². The van der Waals surface area contributed by atoms with Gasteiger partial charge in [0.15, 0.2) is 0 Å². The van der Waals surface area contributed by atoms with Crippen molar-refractivity contribution in [3.63, 3.8) is 0 Å². The van der Waals surface area contributed by atoms with E-state index in [4.69, 9.17) is 11.6 Å². The number of hydrogen-bond donors (Lipinski definition) is 1. The second kappa shape index (κ2) is 4.77. The van der Waals surface area contributed by atoms with Crippen LogP contribution in [0.15, 0.2) is 30.9 Å². The van der Waals surface area contributed by atoms with Gasteiger partial charge < -0.3 is 5.11 Å². The molecule has 1 rings (SSSR count). The van der Waals surface area contributed by atoms with E-state index in [0.717, 1.165) is 0 Å². The summed E-state index contributed by atoms with van der Waals surface area (Å²) >= 11 is 5.93. The Balaban J connectivity index is 2.97. The molecule has 1 atom stereocenters. The summed E-state index contributed by atoms with van der Waals surface area (Å²) in [7, 11) is 0. The van der Waals surface area contributed by atoms with Gasteiger partial charge in [0.25, 0.3) is 0 Å². The molecule has 0 saturated heterocycles. The second-order valence-electron chi connectivity index (χ2n) is 3.93. The van der Waals surface area contributed by atoms with Gasteiger partial charge in [0, 0.05) is 10.4 Å². The van der Waals surface area contributed by atoms with Crippen LogP contribution >= 0.6 is 11.6 Å². The first-order valence-electron chi connectivity index (χ1n) is 4.69. The van der Waals surface area contributed by atoms with Crippen LogP contribution in [0.3, 0.4) is 0 Å². The molecule has 1 aromatic rings. The highest BCUT2D eigenvalue weighted by Gasteiger charge is 2.21. The van der Waals surface area contributed by atoms with Crippen molar-refractivity contribution in [3.8, 4) is 0 Å². The number of aliphatic hydroxyl groups excluding tert-OH is 1. The quantitative estimate of drug-likeness (QED) is 0.785. The Morgan fingerprint density at radius 1 is 1.60 bits per heavy atom. The number of aliphatic hydroxyl groups is 1. The van der Waals surface area contributed by atoms with Crippen molar-refractivity contribution in [2.45, 2.75) is 13.3 Å². The molecule has 0 aliphatic carbocycles. The maximum atomic E-state index is 13.0. The Kier molecular flexibility index (Phi) is 3.89. The number of hydrogen-bond acceptors (Lipinski definition) is 1. The van der Waals surface area contributed by atoms with Crippen molar-refractivity contribution in [1.82, 2.24) is 0 Å². The van der Waals surface area contributed by atoms with E-state index in [1.165, 1.54) is 18.2 Å². The number of benzene rings is 1. The normalized spacial score (nSPS) is 14.7. The topological polar surface area (TPSA) is 20.2 Å². The molecule has 1 nitrogen and oxygen atoms in total. The monoisotopic (exact) mass is 228 g/mol. The third-order valence-electron chi connectivity index (χ3n) is 2.46. The first-order chi connectivity index (χ1) is 7.00. The Bertz CT molecular complexity index is 365. The van der Waals surface area contributed by atoms with Gasteiger partial charge in [-0.3, -0.25) is 0 Å². The first kappa shape index (κ1) is 12.2. The van der Waals surface area contributed by atoms with E-state index in [2.05, 4.69) is 6.58 Å². The van der Waals surface area contributed by atoms with Gasteiger partial charge in [0.2, 0.25) is 0 Å². The van der Waals surface area contributed by atoms with Crippen molar-refractivity contribution >= 4 is 11.6 Å². The molecule has 0 aliphatic heterocycles. The predicted molar refractivity (Wildman–Crippen MR) is 60.5 cm³/mol. The molecule has 0 saturated carbocycles. The molecule has 1 aromatic carbocycles. The molecule has 0 amide bonds. The maximum Gasteiger partial charge on any atom is 0.123 e. The molecular formula is C12H14ClFO. The van der Waals surface area contributed by atoms with Crippen LogP contribution in [0, 0.1) is 11.2 Å². The summed E-state index contributed by atoms with van der Waals surface area (Å²) in [5.74, 6) is -0.321. The number of halogens is 2. The van der Waals surface area contributed by atoms with E-state index in [1.54, 1.807) is 6.08 Å². The van der Waals surface area contributed by atoms with Gasteiger partial charge in [-0.15, -0.1) is 6.58 Å². The average Bonchev–Trinajstić information content (AvgIpc) is 2.23. The molecule has 3 heteroatoms. The van der Waals surface area contributed by atoms with E-state index in [1.807, 2.05) is 6.92 Å². The van der Waals surface area contributed by atoms with Crippen LogP contribution in [0.25, 0.3) is 0 Å². The molecule has 0 heterocycles. The zero-order chi connectivity index (χ0) is 11.5. The van der Waals surface area contributed by atoms with Crippen molar-refractivity contribution in [2.75, 3.05) is 6.61 Å². The molecule has 1 unspecified atom stereocenters. The fourth-order valence-electron chi connectivity index (χ4n) is 1.31. The molecule has 1 N–H and O–H groups in total. The van der Waals surface area contributed by atoms with Gasteiger partial charge in [-0.05, 0) is 30.2 Å². The van der Waals surface area contributed by atoms with Crippen molar-refractivity contribution in [2.24, 2.45) is 5.41 Å². The van der Waals surface area contributed by atoms with E-state index in [-0.39, 0.29) is 12.4 Å². The molecule has 82 valence electrons. The zero-order valence-corrected chi connectivity index (χ0v) is 9.39. The summed E-state index contributed by atoms with van der Waals surface area (Å²) in [4.78, 5) is 0. The summed E-state index contributed by atoms with van der Waals surface area (Å²) in [6, 6.07) is 4.23. The fourth-order valence-corrected chi connectivity index (χ4v) is 1.49. The van der Waals surface area contributed by atoms with Crippen molar-refractivity contribution in [3.05, 3.63) is 47.3 Å². The Morgan fingerprint density at radius 3 is 2.80 bits per heavy atom. The molecule has 15 heavy (non-hydrogen) atoms. The lowest BCUT2D eigenvalue weighted by Crippen LogP contribution is -2.21. The smallest absolute Gasteiger partial charge is 0.123 e. The highest BCUT2D eigenvalue weighted by molar-refractivity contribution is 6.31. The first-order valence-corrected chi connectivity index (χ1v) is 5.07. The Hall–Kier alpha value is -0.860. The molecule has 0 aliphatic rings. The minimum absolute atomic E-state index is 0.0384. The van der Waals surface area contributed by atoms with Crippen LogP contribution in [-0.4, -0.2) is 11.7 Å². The van der Waals surface area contributed by atoms with E-state index in [0.29, 0.717) is 17.0 Å². The van der Waals surface area contributed by atoms with Gasteiger partial charge in [0.05, 0.1) is 6.61 Å². The average molecular weight is 229 g/mol. The maximum absolute atomic E-state index is 13.0. The lowest BCUT2D eigenvalue weighted by Gasteiger charge is -2.23. The fraction of sp³-hybridized carbons (Fsp3) is 0.333. The largest absolute Gasteiger partial charge is 0.395 e. The minimum Gasteiger partial charge on any atom is -0.395 e. The van der Waals surface area contributed by atoms with E-state index >= 15 is 0 Å². The highest BCUT2D eigenvalue weighted by atomic mass is 35.5. The lowest BCUT2D eigenvalue weighted by molar-refractivity contribution is 0.184. The van der Waals surface area contributed by atoms with E-state index < -0.39 is 5.41 Å². The highest BCUT2D eigenvalue weighted by Crippen LogP contribution is 2.27. The van der Waals surface area contributed by atoms with Crippen molar-refractivity contribution < 1.29 is 9.50 Å².